The third-order valence-corrected chi connectivity index (χ3v) is 3.90. The summed E-state index contributed by atoms with van der Waals surface area (Å²) < 4.78 is 5.60. The third-order valence-electron chi connectivity index (χ3n) is 3.90. The molecule has 0 spiro atoms. The van der Waals surface area contributed by atoms with Gasteiger partial charge in [-0.1, -0.05) is 13.8 Å². The highest BCUT2D eigenvalue weighted by molar-refractivity contribution is 5.79. The van der Waals surface area contributed by atoms with Crippen molar-refractivity contribution in [3.63, 3.8) is 0 Å². The summed E-state index contributed by atoms with van der Waals surface area (Å²) in [4.78, 5) is 7.15. The highest BCUT2D eigenvalue weighted by Crippen LogP contribution is 2.15. The molecule has 1 fully saturated rings. The molecule has 0 bridgehead atoms. The van der Waals surface area contributed by atoms with Crippen LogP contribution in [0.2, 0.25) is 0 Å². The number of aliphatic imine (C=N–C) groups is 1. The van der Waals surface area contributed by atoms with Crippen molar-refractivity contribution >= 4 is 5.96 Å². The van der Waals surface area contributed by atoms with Gasteiger partial charge in [-0.15, -0.1) is 0 Å². The molecular weight excluding hydrogens is 276 g/mol. The lowest BCUT2D eigenvalue weighted by molar-refractivity contribution is 0.108. The van der Waals surface area contributed by atoms with Gasteiger partial charge in [-0.3, -0.25) is 4.99 Å². The number of hydrogen-bond acceptors (Lipinski definition) is 3. The van der Waals surface area contributed by atoms with Crippen LogP contribution < -0.4 is 10.6 Å². The van der Waals surface area contributed by atoms with Crippen molar-refractivity contribution in [2.75, 3.05) is 53.0 Å². The van der Waals surface area contributed by atoms with Crippen LogP contribution in [0.1, 0.15) is 40.0 Å². The van der Waals surface area contributed by atoms with Gasteiger partial charge < -0.3 is 20.3 Å². The number of rotatable bonds is 9. The molecule has 5 heteroatoms. The Labute approximate surface area is 136 Å². The molecule has 0 aromatic rings. The summed E-state index contributed by atoms with van der Waals surface area (Å²) in [5, 5.41) is 6.73. The molecule has 1 aliphatic heterocycles. The Morgan fingerprint density at radius 1 is 1.27 bits per heavy atom. The van der Waals surface area contributed by atoms with Gasteiger partial charge in [0.1, 0.15) is 0 Å². The minimum absolute atomic E-state index is 0.612. The summed E-state index contributed by atoms with van der Waals surface area (Å²) in [6.07, 6.45) is 3.55. The van der Waals surface area contributed by atoms with E-state index in [1.165, 1.54) is 25.9 Å². The SMILES string of the molecule is CCNC(=NCC1CCN(C)CC1)NCCCOCC(C)C. The van der Waals surface area contributed by atoms with Crippen molar-refractivity contribution in [2.24, 2.45) is 16.8 Å². The third kappa shape index (κ3) is 9.26. The van der Waals surface area contributed by atoms with Gasteiger partial charge in [-0.2, -0.15) is 0 Å². The fourth-order valence-electron chi connectivity index (χ4n) is 2.51. The Balaban J connectivity index is 2.18. The van der Waals surface area contributed by atoms with Crippen LogP contribution in [0, 0.1) is 11.8 Å². The number of hydrogen-bond donors (Lipinski definition) is 2. The fraction of sp³-hybridized carbons (Fsp3) is 0.941. The molecule has 0 unspecified atom stereocenters. The molecule has 5 nitrogen and oxygen atoms in total. The van der Waals surface area contributed by atoms with Crippen molar-refractivity contribution in [1.82, 2.24) is 15.5 Å². The van der Waals surface area contributed by atoms with Gasteiger partial charge in [0.25, 0.3) is 0 Å². The molecule has 0 amide bonds. The summed E-state index contributed by atoms with van der Waals surface area (Å²) in [5.74, 6) is 2.30. The largest absolute Gasteiger partial charge is 0.381 e. The molecule has 0 aliphatic carbocycles. The van der Waals surface area contributed by atoms with E-state index >= 15 is 0 Å². The molecule has 1 saturated heterocycles. The van der Waals surface area contributed by atoms with E-state index in [1.807, 2.05) is 0 Å². The zero-order valence-corrected chi connectivity index (χ0v) is 15.0. The smallest absolute Gasteiger partial charge is 0.191 e. The van der Waals surface area contributed by atoms with E-state index in [0.717, 1.165) is 51.1 Å². The molecule has 0 atom stereocenters. The van der Waals surface area contributed by atoms with Crippen molar-refractivity contribution < 1.29 is 4.74 Å². The lowest BCUT2D eigenvalue weighted by Gasteiger charge is -2.28. The normalized spacial score (nSPS) is 18.0. The Kier molecular flexibility index (Phi) is 10.2. The molecule has 2 N–H and O–H groups in total. The van der Waals surface area contributed by atoms with E-state index in [4.69, 9.17) is 9.73 Å². The Bertz CT molecular complexity index is 299. The summed E-state index contributed by atoms with van der Waals surface area (Å²) >= 11 is 0. The number of piperidine rings is 1. The second-order valence-corrected chi connectivity index (χ2v) is 6.72. The minimum atomic E-state index is 0.612. The number of likely N-dealkylation sites (tertiary alicyclic amines) is 1. The van der Waals surface area contributed by atoms with Gasteiger partial charge in [0.2, 0.25) is 0 Å². The highest BCUT2D eigenvalue weighted by Gasteiger charge is 2.16. The van der Waals surface area contributed by atoms with Crippen LogP contribution in [-0.4, -0.2) is 63.8 Å². The lowest BCUT2D eigenvalue weighted by atomic mass is 9.97. The molecule has 1 heterocycles. The zero-order valence-electron chi connectivity index (χ0n) is 15.0. The Hall–Kier alpha value is -0.810. The number of nitrogens with one attached hydrogen (secondary N) is 2. The number of nitrogens with zero attached hydrogens (tertiary/aromatic N) is 2. The molecule has 0 aromatic heterocycles. The van der Waals surface area contributed by atoms with Crippen molar-refractivity contribution in [3.8, 4) is 0 Å². The van der Waals surface area contributed by atoms with Crippen LogP contribution in [0.4, 0.5) is 0 Å². The molecule has 130 valence electrons. The predicted molar refractivity (Wildman–Crippen MR) is 94.5 cm³/mol. The van der Waals surface area contributed by atoms with Crippen LogP contribution >= 0.6 is 0 Å². The van der Waals surface area contributed by atoms with Gasteiger partial charge in [-0.05, 0) is 58.2 Å². The van der Waals surface area contributed by atoms with E-state index in [-0.39, 0.29) is 0 Å². The monoisotopic (exact) mass is 312 g/mol. The van der Waals surface area contributed by atoms with E-state index in [2.05, 4.69) is 43.4 Å². The lowest BCUT2D eigenvalue weighted by Crippen LogP contribution is -2.39. The standard InChI is InChI=1S/C17H36N4O/c1-5-18-17(19-9-6-12-22-14-15(2)3)20-13-16-7-10-21(4)11-8-16/h15-16H,5-14H2,1-4H3,(H2,18,19,20). The topological polar surface area (TPSA) is 48.9 Å². The van der Waals surface area contributed by atoms with Crippen molar-refractivity contribution in [2.45, 2.75) is 40.0 Å². The van der Waals surface area contributed by atoms with Gasteiger partial charge in [0.15, 0.2) is 5.96 Å². The second kappa shape index (κ2) is 11.7. The molecular formula is C17H36N4O. The van der Waals surface area contributed by atoms with Crippen LogP contribution in [0.15, 0.2) is 4.99 Å². The van der Waals surface area contributed by atoms with E-state index in [0.29, 0.717) is 5.92 Å². The van der Waals surface area contributed by atoms with E-state index < -0.39 is 0 Å². The summed E-state index contributed by atoms with van der Waals surface area (Å²) in [5.41, 5.74) is 0. The first kappa shape index (κ1) is 19.2. The maximum absolute atomic E-state index is 5.60. The summed E-state index contributed by atoms with van der Waals surface area (Å²) in [6.45, 7) is 13.3. The quantitative estimate of drug-likeness (QED) is 0.388. The molecule has 22 heavy (non-hydrogen) atoms. The van der Waals surface area contributed by atoms with Crippen LogP contribution in [0.3, 0.4) is 0 Å². The molecule has 0 saturated carbocycles. The summed E-state index contributed by atoms with van der Waals surface area (Å²) in [6, 6.07) is 0. The van der Waals surface area contributed by atoms with Crippen molar-refractivity contribution in [3.05, 3.63) is 0 Å². The van der Waals surface area contributed by atoms with Gasteiger partial charge in [0.05, 0.1) is 0 Å². The number of guanidine groups is 1. The maximum Gasteiger partial charge on any atom is 0.191 e. The van der Waals surface area contributed by atoms with Crippen LogP contribution in [0.5, 0.6) is 0 Å². The van der Waals surface area contributed by atoms with Crippen LogP contribution in [0.25, 0.3) is 0 Å². The second-order valence-electron chi connectivity index (χ2n) is 6.72. The predicted octanol–water partition coefficient (Wildman–Crippen LogP) is 1.95. The maximum atomic E-state index is 5.60. The molecule has 0 aromatic carbocycles. The molecule has 1 aliphatic rings. The van der Waals surface area contributed by atoms with Gasteiger partial charge in [-0.25, -0.2) is 0 Å². The van der Waals surface area contributed by atoms with Crippen molar-refractivity contribution in [1.29, 1.82) is 0 Å². The highest BCUT2D eigenvalue weighted by atomic mass is 16.5. The fourth-order valence-corrected chi connectivity index (χ4v) is 2.51. The molecule has 0 radical (unpaired) electrons. The summed E-state index contributed by atoms with van der Waals surface area (Å²) in [7, 11) is 2.20. The number of ether oxygens (including phenoxy) is 1. The first-order valence-electron chi connectivity index (χ1n) is 8.90. The average molecular weight is 313 g/mol. The average Bonchev–Trinajstić information content (AvgIpc) is 2.49. The van der Waals surface area contributed by atoms with E-state index in [1.54, 1.807) is 0 Å². The Morgan fingerprint density at radius 2 is 2.00 bits per heavy atom. The first-order chi connectivity index (χ1) is 10.6. The van der Waals surface area contributed by atoms with Gasteiger partial charge in [0, 0.05) is 32.8 Å². The Morgan fingerprint density at radius 3 is 2.64 bits per heavy atom. The van der Waals surface area contributed by atoms with Gasteiger partial charge >= 0.3 is 0 Å². The van der Waals surface area contributed by atoms with Crippen LogP contribution in [-0.2, 0) is 4.74 Å². The molecule has 1 rings (SSSR count). The zero-order chi connectivity index (χ0) is 16.2. The first-order valence-corrected chi connectivity index (χ1v) is 8.90. The van der Waals surface area contributed by atoms with E-state index in [9.17, 15) is 0 Å². The minimum Gasteiger partial charge on any atom is -0.381 e.